The van der Waals surface area contributed by atoms with Crippen molar-refractivity contribution < 1.29 is 19.1 Å². The van der Waals surface area contributed by atoms with E-state index in [1.54, 1.807) is 18.3 Å². The van der Waals surface area contributed by atoms with E-state index in [4.69, 9.17) is 9.15 Å². The molecular formula is C22H22N2O4S. The largest absolute Gasteiger partial charge is 0.479 e. The van der Waals surface area contributed by atoms with E-state index in [9.17, 15) is 9.90 Å². The Morgan fingerprint density at radius 1 is 1.34 bits per heavy atom. The number of aromatic nitrogens is 2. The lowest BCUT2D eigenvalue weighted by molar-refractivity contribution is -0.149. The number of carboxylic acids is 1. The first-order chi connectivity index (χ1) is 14.0. The summed E-state index contributed by atoms with van der Waals surface area (Å²) in [5.74, 6) is 0.530. The molecule has 0 aliphatic rings. The van der Waals surface area contributed by atoms with Crippen LogP contribution < -0.4 is 0 Å². The highest BCUT2D eigenvalue weighted by Crippen LogP contribution is 2.27. The number of carbonyl (C=O) groups is 1. The second kappa shape index (κ2) is 8.23. The van der Waals surface area contributed by atoms with Crippen LogP contribution in [0.3, 0.4) is 0 Å². The lowest BCUT2D eigenvalue weighted by Crippen LogP contribution is -2.26. The highest BCUT2D eigenvalue weighted by Gasteiger charge is 2.18. The highest BCUT2D eigenvalue weighted by molar-refractivity contribution is 7.13. The zero-order chi connectivity index (χ0) is 20.4. The first kappa shape index (κ1) is 19.4. The second-order valence-electron chi connectivity index (χ2n) is 6.82. The number of fused-ring (bicyclic) bond motifs is 1. The van der Waals surface area contributed by atoms with E-state index in [1.165, 1.54) is 0 Å². The van der Waals surface area contributed by atoms with Gasteiger partial charge in [-0.15, -0.1) is 11.3 Å². The maximum absolute atomic E-state index is 11.3. The van der Waals surface area contributed by atoms with Crippen LogP contribution in [0, 0.1) is 6.92 Å². The Morgan fingerprint density at radius 2 is 2.21 bits per heavy atom. The van der Waals surface area contributed by atoms with E-state index in [2.05, 4.69) is 9.55 Å². The fourth-order valence-electron chi connectivity index (χ4n) is 3.39. The molecule has 3 aromatic heterocycles. The first-order valence-electron chi connectivity index (χ1n) is 9.47. The quantitative estimate of drug-likeness (QED) is 0.454. The summed E-state index contributed by atoms with van der Waals surface area (Å²) in [6, 6.07) is 12.0. The van der Waals surface area contributed by atoms with Gasteiger partial charge in [-0.25, -0.2) is 9.78 Å². The fourth-order valence-corrected chi connectivity index (χ4v) is 4.04. The van der Waals surface area contributed by atoms with Gasteiger partial charge in [0.2, 0.25) is 5.89 Å². The van der Waals surface area contributed by atoms with Crippen LogP contribution >= 0.6 is 11.3 Å². The van der Waals surface area contributed by atoms with E-state index in [0.717, 1.165) is 32.8 Å². The fraction of sp³-hybridized carbons (Fsp3) is 0.273. The maximum atomic E-state index is 11.3. The molecule has 0 aliphatic carbocycles. The van der Waals surface area contributed by atoms with Crippen molar-refractivity contribution in [2.24, 2.45) is 0 Å². The van der Waals surface area contributed by atoms with Crippen LogP contribution in [0.1, 0.15) is 23.9 Å². The molecule has 3 heterocycles. The van der Waals surface area contributed by atoms with Crippen molar-refractivity contribution in [1.82, 2.24) is 9.55 Å². The molecule has 29 heavy (non-hydrogen) atoms. The number of carboxylic acid groups (broad SMARTS) is 1. The van der Waals surface area contributed by atoms with E-state index in [1.807, 2.05) is 54.9 Å². The van der Waals surface area contributed by atoms with Crippen molar-refractivity contribution in [3.05, 3.63) is 65.0 Å². The van der Waals surface area contributed by atoms with Crippen molar-refractivity contribution in [2.75, 3.05) is 6.61 Å². The second-order valence-corrected chi connectivity index (χ2v) is 7.77. The molecule has 0 spiro atoms. The maximum Gasteiger partial charge on any atom is 0.333 e. The van der Waals surface area contributed by atoms with Crippen LogP contribution in [-0.4, -0.2) is 33.3 Å². The zero-order valence-electron chi connectivity index (χ0n) is 16.3. The summed E-state index contributed by atoms with van der Waals surface area (Å²) in [5, 5.41) is 12.4. The van der Waals surface area contributed by atoms with Gasteiger partial charge in [0.1, 0.15) is 11.5 Å². The van der Waals surface area contributed by atoms with E-state index < -0.39 is 12.1 Å². The molecule has 1 unspecified atom stereocenters. The van der Waals surface area contributed by atoms with Gasteiger partial charge in [-0.05, 0) is 54.4 Å². The Labute approximate surface area is 172 Å². The average molecular weight is 410 g/mol. The Hall–Kier alpha value is -2.90. The molecule has 4 aromatic rings. The number of aryl methyl sites for hydroxylation is 1. The average Bonchev–Trinajstić information content (AvgIpc) is 3.43. The number of benzene rings is 1. The van der Waals surface area contributed by atoms with Crippen molar-refractivity contribution >= 4 is 28.2 Å². The Balaban J connectivity index is 1.56. The number of ether oxygens (including phenoxy) is 1. The van der Waals surface area contributed by atoms with Crippen molar-refractivity contribution in [3.63, 3.8) is 0 Å². The van der Waals surface area contributed by atoms with Crippen LogP contribution in [0.2, 0.25) is 0 Å². The lowest BCUT2D eigenvalue weighted by Gasteiger charge is -2.12. The molecule has 6 nitrogen and oxygen atoms in total. The first-order valence-corrected chi connectivity index (χ1v) is 10.4. The SMILES string of the molecule is CCOC(Cc1ccc2c(ccn2Cc2nc(-c3cccs3)oc2C)c1)C(=O)O. The zero-order valence-corrected chi connectivity index (χ0v) is 17.1. The summed E-state index contributed by atoms with van der Waals surface area (Å²) in [4.78, 5) is 17.0. The molecule has 0 saturated heterocycles. The number of nitrogens with zero attached hydrogens (tertiary/aromatic N) is 2. The predicted octanol–water partition coefficient (Wildman–Crippen LogP) is 4.75. The van der Waals surface area contributed by atoms with E-state index >= 15 is 0 Å². The Morgan fingerprint density at radius 3 is 2.93 bits per heavy atom. The van der Waals surface area contributed by atoms with Crippen molar-refractivity contribution in [1.29, 1.82) is 0 Å². The minimum absolute atomic E-state index is 0.344. The Kier molecular flexibility index (Phi) is 5.51. The molecule has 0 amide bonds. The molecule has 0 bridgehead atoms. The van der Waals surface area contributed by atoms with Gasteiger partial charge in [-0.1, -0.05) is 12.1 Å². The summed E-state index contributed by atoms with van der Waals surface area (Å²) in [5.41, 5.74) is 2.91. The molecule has 150 valence electrons. The van der Waals surface area contributed by atoms with Crippen LogP contribution in [0.25, 0.3) is 21.7 Å². The molecule has 1 N–H and O–H groups in total. The molecule has 7 heteroatoms. The number of thiophene rings is 1. The van der Waals surface area contributed by atoms with Crippen LogP contribution in [0.5, 0.6) is 0 Å². The van der Waals surface area contributed by atoms with Crippen LogP contribution in [-0.2, 0) is 22.5 Å². The van der Waals surface area contributed by atoms with Crippen molar-refractivity contribution in [3.8, 4) is 10.8 Å². The molecule has 1 aromatic carbocycles. The summed E-state index contributed by atoms with van der Waals surface area (Å²) in [6.45, 7) is 4.72. The van der Waals surface area contributed by atoms with Crippen LogP contribution in [0.15, 0.2) is 52.4 Å². The third-order valence-electron chi connectivity index (χ3n) is 4.84. The topological polar surface area (TPSA) is 77.5 Å². The molecule has 4 rings (SSSR count). The predicted molar refractivity (Wildman–Crippen MR) is 112 cm³/mol. The van der Waals surface area contributed by atoms with E-state index in [0.29, 0.717) is 25.5 Å². The van der Waals surface area contributed by atoms with Gasteiger partial charge in [0.25, 0.3) is 0 Å². The van der Waals surface area contributed by atoms with E-state index in [-0.39, 0.29) is 0 Å². The summed E-state index contributed by atoms with van der Waals surface area (Å²) in [6.07, 6.45) is 1.54. The van der Waals surface area contributed by atoms with Crippen molar-refractivity contribution in [2.45, 2.75) is 32.9 Å². The smallest absolute Gasteiger partial charge is 0.333 e. The third-order valence-corrected chi connectivity index (χ3v) is 5.70. The number of hydrogen-bond donors (Lipinski definition) is 1. The minimum Gasteiger partial charge on any atom is -0.479 e. The number of oxazole rings is 1. The summed E-state index contributed by atoms with van der Waals surface area (Å²) >= 11 is 1.61. The number of aliphatic carboxylic acids is 1. The molecule has 0 radical (unpaired) electrons. The highest BCUT2D eigenvalue weighted by atomic mass is 32.1. The monoisotopic (exact) mass is 410 g/mol. The molecule has 0 aliphatic heterocycles. The lowest BCUT2D eigenvalue weighted by atomic mass is 10.1. The molecular weight excluding hydrogens is 388 g/mol. The number of hydrogen-bond acceptors (Lipinski definition) is 5. The minimum atomic E-state index is -0.937. The summed E-state index contributed by atoms with van der Waals surface area (Å²) < 4.78 is 13.3. The third kappa shape index (κ3) is 4.11. The van der Waals surface area contributed by atoms with Gasteiger partial charge in [-0.3, -0.25) is 0 Å². The van der Waals surface area contributed by atoms with Gasteiger partial charge in [0.15, 0.2) is 6.10 Å². The Bertz CT molecular complexity index is 1130. The van der Waals surface area contributed by atoms with Gasteiger partial charge in [0, 0.05) is 24.7 Å². The number of rotatable bonds is 8. The summed E-state index contributed by atoms with van der Waals surface area (Å²) in [7, 11) is 0. The van der Waals surface area contributed by atoms with Gasteiger partial charge < -0.3 is 18.8 Å². The van der Waals surface area contributed by atoms with Gasteiger partial charge in [-0.2, -0.15) is 0 Å². The van der Waals surface area contributed by atoms with Gasteiger partial charge >= 0.3 is 5.97 Å². The molecule has 0 fully saturated rings. The normalized spacial score (nSPS) is 12.5. The van der Waals surface area contributed by atoms with Gasteiger partial charge in [0.05, 0.1) is 11.4 Å². The molecule has 1 atom stereocenters. The standard InChI is InChI=1S/C22H22N2O4S/c1-3-27-19(22(25)26)12-15-6-7-18-16(11-15)8-9-24(18)13-17-14(2)28-21(23-17)20-5-4-10-29-20/h4-11,19H,3,12-13H2,1-2H3,(H,25,26). The van der Waals surface area contributed by atoms with Crippen LogP contribution in [0.4, 0.5) is 0 Å². The molecule has 0 saturated carbocycles.